The number of nitrogens with one attached hydrogen (secondary N) is 2. The summed E-state index contributed by atoms with van der Waals surface area (Å²) in [6, 6.07) is 13.0. The molecule has 44 heavy (non-hydrogen) atoms. The van der Waals surface area contributed by atoms with Crippen LogP contribution in [0.4, 0.5) is 0 Å². The van der Waals surface area contributed by atoms with Crippen molar-refractivity contribution in [1.29, 1.82) is 0 Å². The second kappa shape index (κ2) is 22.2. The molecule has 0 radical (unpaired) electrons. The van der Waals surface area contributed by atoms with Crippen LogP contribution in [-0.2, 0) is 19.2 Å². The number of unbranched alkanes of at least 4 members (excludes halogenated alkanes) is 6. The van der Waals surface area contributed by atoms with Crippen LogP contribution >= 0.6 is 0 Å². The molecule has 2 aromatic rings. The van der Waals surface area contributed by atoms with E-state index in [4.69, 9.17) is 14.7 Å². The molecular formula is C33H44N2O9. The molecule has 0 fully saturated rings. The molecule has 0 aliphatic carbocycles. The first kappa shape index (κ1) is 37.6. The van der Waals surface area contributed by atoms with Crippen molar-refractivity contribution in [2.45, 2.75) is 90.9 Å². The number of hydrogen-bond donors (Lipinski definition) is 3. The van der Waals surface area contributed by atoms with Crippen LogP contribution in [0.1, 0.15) is 112 Å². The van der Waals surface area contributed by atoms with Crippen LogP contribution in [0, 0.1) is 0 Å². The average molecular weight is 613 g/mol. The molecule has 0 saturated carbocycles. The Morgan fingerprint density at radius 2 is 0.886 bits per heavy atom. The predicted molar refractivity (Wildman–Crippen MR) is 164 cm³/mol. The summed E-state index contributed by atoms with van der Waals surface area (Å²) in [5, 5.41) is 10.9. The number of benzene rings is 2. The van der Waals surface area contributed by atoms with Crippen molar-refractivity contribution in [3.05, 3.63) is 59.7 Å². The van der Waals surface area contributed by atoms with Crippen molar-refractivity contribution in [3.63, 3.8) is 0 Å². The normalized spacial score (nSPS) is 10.1. The second-order valence-corrected chi connectivity index (χ2v) is 10.1. The summed E-state index contributed by atoms with van der Waals surface area (Å²) in [4.78, 5) is 67.3. The number of esters is 2. The molecule has 11 heteroatoms. The Morgan fingerprint density at radius 1 is 0.545 bits per heavy atom. The highest BCUT2D eigenvalue weighted by Crippen LogP contribution is 2.16. The van der Waals surface area contributed by atoms with Gasteiger partial charge in [0.1, 0.15) is 11.5 Å². The lowest BCUT2D eigenvalue weighted by atomic mass is 10.1. The van der Waals surface area contributed by atoms with E-state index in [1.54, 1.807) is 61.1 Å². The minimum atomic E-state index is -0.395. The number of ketones is 2. The molecule has 0 aliphatic rings. The first-order valence-electron chi connectivity index (χ1n) is 14.8. The summed E-state index contributed by atoms with van der Waals surface area (Å²) in [7, 11) is 1.63. The van der Waals surface area contributed by atoms with Gasteiger partial charge in [0.15, 0.2) is 11.6 Å². The van der Waals surface area contributed by atoms with Crippen LogP contribution in [0.3, 0.4) is 0 Å². The zero-order chi connectivity index (χ0) is 32.7. The lowest BCUT2D eigenvalue weighted by Gasteiger charge is -2.05. The SMILES string of the molecule is CC(=O)c1ccc(OC(=O)CCCCCCC(=O)NO)cc1.CNC(=O)CCCCCCC(=O)Oc1ccc(C(C)=O)cc1. The van der Waals surface area contributed by atoms with Crippen molar-refractivity contribution < 1.29 is 43.4 Å². The summed E-state index contributed by atoms with van der Waals surface area (Å²) in [6.45, 7) is 2.97. The Hall–Kier alpha value is -4.38. The van der Waals surface area contributed by atoms with Gasteiger partial charge in [0, 0.05) is 43.9 Å². The van der Waals surface area contributed by atoms with E-state index in [0.29, 0.717) is 54.7 Å². The molecular weight excluding hydrogens is 568 g/mol. The van der Waals surface area contributed by atoms with Crippen LogP contribution < -0.4 is 20.3 Å². The maximum absolute atomic E-state index is 11.7. The fourth-order valence-electron chi connectivity index (χ4n) is 3.88. The molecule has 0 atom stereocenters. The van der Waals surface area contributed by atoms with Gasteiger partial charge in [-0.3, -0.25) is 34.0 Å². The van der Waals surface area contributed by atoms with E-state index < -0.39 is 5.91 Å². The highest BCUT2D eigenvalue weighted by Gasteiger charge is 2.08. The van der Waals surface area contributed by atoms with Gasteiger partial charge in [-0.2, -0.15) is 0 Å². The third-order valence-electron chi connectivity index (χ3n) is 6.46. The van der Waals surface area contributed by atoms with Crippen molar-refractivity contribution in [2.75, 3.05) is 7.05 Å². The first-order chi connectivity index (χ1) is 21.0. The summed E-state index contributed by atoms with van der Waals surface area (Å²) >= 11 is 0. The van der Waals surface area contributed by atoms with Gasteiger partial charge >= 0.3 is 11.9 Å². The van der Waals surface area contributed by atoms with Crippen molar-refractivity contribution >= 4 is 35.3 Å². The first-order valence-corrected chi connectivity index (χ1v) is 14.8. The van der Waals surface area contributed by atoms with E-state index in [2.05, 4.69) is 5.32 Å². The number of carbonyl (C=O) groups excluding carboxylic acids is 6. The Balaban J connectivity index is 0.000000440. The largest absolute Gasteiger partial charge is 0.427 e. The number of amides is 2. The Kier molecular flexibility index (Phi) is 19.0. The predicted octanol–water partition coefficient (Wildman–Crippen LogP) is 5.52. The number of Topliss-reactive ketones (excluding diaryl/α,β-unsaturated/α-hetero) is 2. The highest BCUT2D eigenvalue weighted by molar-refractivity contribution is 5.94. The summed E-state index contributed by atoms with van der Waals surface area (Å²) in [5.74, 6) is -0.112. The number of ether oxygens (including phenoxy) is 2. The maximum Gasteiger partial charge on any atom is 0.311 e. The van der Waals surface area contributed by atoms with Gasteiger partial charge in [0.2, 0.25) is 11.8 Å². The minimum Gasteiger partial charge on any atom is -0.427 e. The monoisotopic (exact) mass is 612 g/mol. The van der Waals surface area contributed by atoms with Gasteiger partial charge in [-0.05, 0) is 88.1 Å². The van der Waals surface area contributed by atoms with Crippen LogP contribution in [0.5, 0.6) is 11.5 Å². The molecule has 11 nitrogen and oxygen atoms in total. The molecule has 2 amide bonds. The molecule has 0 heterocycles. The van der Waals surface area contributed by atoms with Gasteiger partial charge < -0.3 is 14.8 Å². The third-order valence-corrected chi connectivity index (χ3v) is 6.46. The summed E-state index contributed by atoms with van der Waals surface area (Å²) < 4.78 is 10.4. The zero-order valence-electron chi connectivity index (χ0n) is 25.8. The molecule has 3 N–H and O–H groups in total. The molecule has 240 valence electrons. The van der Waals surface area contributed by atoms with E-state index in [1.807, 2.05) is 0 Å². The van der Waals surface area contributed by atoms with Crippen molar-refractivity contribution in [2.24, 2.45) is 0 Å². The fourth-order valence-corrected chi connectivity index (χ4v) is 3.88. The number of rotatable bonds is 18. The Bertz CT molecular complexity index is 1110. The molecule has 0 spiro atoms. The van der Waals surface area contributed by atoms with Gasteiger partial charge in [-0.15, -0.1) is 0 Å². The summed E-state index contributed by atoms with van der Waals surface area (Å²) in [5.41, 5.74) is 2.75. The van der Waals surface area contributed by atoms with Crippen LogP contribution in [0.2, 0.25) is 0 Å². The lowest BCUT2D eigenvalue weighted by molar-refractivity contribution is -0.135. The maximum atomic E-state index is 11.7. The molecule has 0 bridgehead atoms. The van der Waals surface area contributed by atoms with Crippen LogP contribution in [0.25, 0.3) is 0 Å². The highest BCUT2D eigenvalue weighted by atomic mass is 16.5. The van der Waals surface area contributed by atoms with E-state index in [-0.39, 0.29) is 35.8 Å². The van der Waals surface area contributed by atoms with E-state index in [0.717, 1.165) is 38.5 Å². The Morgan fingerprint density at radius 3 is 1.20 bits per heavy atom. The number of hydroxylamine groups is 1. The molecule has 2 aromatic carbocycles. The Labute approximate surface area is 258 Å². The van der Waals surface area contributed by atoms with Gasteiger partial charge in [-0.1, -0.05) is 25.7 Å². The van der Waals surface area contributed by atoms with Crippen LogP contribution in [0.15, 0.2) is 48.5 Å². The molecule has 2 rings (SSSR count). The quantitative estimate of drug-likeness (QED) is 0.0491. The van der Waals surface area contributed by atoms with Crippen molar-refractivity contribution in [3.8, 4) is 11.5 Å². The van der Waals surface area contributed by atoms with E-state index in [9.17, 15) is 28.8 Å². The topological polar surface area (TPSA) is 165 Å². The molecule has 0 aromatic heterocycles. The van der Waals surface area contributed by atoms with Gasteiger partial charge in [-0.25, -0.2) is 5.48 Å². The van der Waals surface area contributed by atoms with Gasteiger partial charge in [0.05, 0.1) is 0 Å². The lowest BCUT2D eigenvalue weighted by Crippen LogP contribution is -2.17. The minimum absolute atomic E-state index is 0.0189. The number of carbonyl (C=O) groups is 6. The van der Waals surface area contributed by atoms with Gasteiger partial charge in [0.25, 0.3) is 0 Å². The van der Waals surface area contributed by atoms with Crippen molar-refractivity contribution in [1.82, 2.24) is 10.8 Å². The molecule has 0 aliphatic heterocycles. The smallest absolute Gasteiger partial charge is 0.311 e. The molecule has 0 saturated heterocycles. The number of hydrogen-bond acceptors (Lipinski definition) is 9. The molecule has 0 unspecified atom stereocenters. The standard InChI is InChI=1S/C17H23NO4.C16H21NO5/c1-13(19)14-9-11-15(12-10-14)22-17(21)8-6-4-3-5-7-16(20)18-2;1-12(18)13-8-10-14(11-9-13)22-16(20)7-5-3-2-4-6-15(19)17-21/h9-12H,3-8H2,1-2H3,(H,18,20);8-11,21H,2-7H2,1H3,(H,17,19). The summed E-state index contributed by atoms with van der Waals surface area (Å²) in [6.07, 6.45) is 7.87. The van der Waals surface area contributed by atoms with Crippen LogP contribution in [-0.4, -0.2) is 47.6 Å². The van der Waals surface area contributed by atoms with E-state index >= 15 is 0 Å². The zero-order valence-corrected chi connectivity index (χ0v) is 25.8. The van der Waals surface area contributed by atoms with E-state index in [1.165, 1.54) is 13.8 Å². The third kappa shape index (κ3) is 17.5. The second-order valence-electron chi connectivity index (χ2n) is 10.1. The fraction of sp³-hybridized carbons (Fsp3) is 0.455. The average Bonchev–Trinajstić information content (AvgIpc) is 3.01.